The van der Waals surface area contributed by atoms with Crippen molar-refractivity contribution in [2.75, 3.05) is 11.9 Å². The van der Waals surface area contributed by atoms with Crippen molar-refractivity contribution in [2.45, 2.75) is 59.4 Å². The molecule has 0 bridgehead atoms. The molecule has 23 heavy (non-hydrogen) atoms. The summed E-state index contributed by atoms with van der Waals surface area (Å²) in [7, 11) is 0. The van der Waals surface area contributed by atoms with Crippen LogP contribution in [0.4, 0.5) is 5.69 Å². The average Bonchev–Trinajstić information content (AvgIpc) is 2.89. The zero-order chi connectivity index (χ0) is 17.2. The fourth-order valence-electron chi connectivity index (χ4n) is 3.16. The standard InChI is InChI=1S/C19H28N2O2/c1-6-13-9-8-10-14(7-2)17(13)20-18(23)15-11-16(22)21(12-15)19(3,4)5/h8-10,15H,6-7,11-12H2,1-5H3,(H,20,23)/t15-/m1/s1. The molecule has 2 amide bonds. The van der Waals surface area contributed by atoms with Gasteiger partial charge in [0.1, 0.15) is 0 Å². The number of nitrogens with one attached hydrogen (secondary N) is 1. The van der Waals surface area contributed by atoms with Crippen LogP contribution in [0.25, 0.3) is 0 Å². The normalized spacial score (nSPS) is 18.4. The number of rotatable bonds is 4. The van der Waals surface area contributed by atoms with Gasteiger partial charge in [-0.25, -0.2) is 0 Å². The van der Waals surface area contributed by atoms with Crippen LogP contribution in [0.15, 0.2) is 18.2 Å². The number of para-hydroxylation sites is 1. The second-order valence-corrected chi connectivity index (χ2v) is 7.22. The van der Waals surface area contributed by atoms with Crippen molar-refractivity contribution in [3.63, 3.8) is 0 Å². The van der Waals surface area contributed by atoms with Crippen LogP contribution in [0.3, 0.4) is 0 Å². The summed E-state index contributed by atoms with van der Waals surface area (Å²) < 4.78 is 0. The van der Waals surface area contributed by atoms with E-state index in [4.69, 9.17) is 0 Å². The van der Waals surface area contributed by atoms with Crippen LogP contribution in [0.1, 0.15) is 52.2 Å². The van der Waals surface area contributed by atoms with Gasteiger partial charge in [-0.2, -0.15) is 0 Å². The van der Waals surface area contributed by atoms with Gasteiger partial charge in [-0.1, -0.05) is 32.0 Å². The molecule has 1 atom stereocenters. The summed E-state index contributed by atoms with van der Waals surface area (Å²) in [5, 5.41) is 3.10. The molecule has 4 heteroatoms. The molecule has 1 aromatic carbocycles. The van der Waals surface area contributed by atoms with Gasteiger partial charge in [0, 0.05) is 24.2 Å². The van der Waals surface area contributed by atoms with E-state index in [2.05, 4.69) is 31.3 Å². The number of anilines is 1. The SMILES string of the molecule is CCc1cccc(CC)c1NC(=O)[C@@H]1CC(=O)N(C(C)(C)C)C1. The van der Waals surface area contributed by atoms with Gasteiger partial charge >= 0.3 is 0 Å². The van der Waals surface area contributed by atoms with Gasteiger partial charge in [-0.3, -0.25) is 9.59 Å². The van der Waals surface area contributed by atoms with Crippen molar-refractivity contribution < 1.29 is 9.59 Å². The van der Waals surface area contributed by atoms with Crippen LogP contribution >= 0.6 is 0 Å². The molecule has 0 radical (unpaired) electrons. The van der Waals surface area contributed by atoms with Crippen molar-refractivity contribution in [1.82, 2.24) is 4.90 Å². The maximum atomic E-state index is 12.7. The van der Waals surface area contributed by atoms with E-state index in [1.807, 2.05) is 31.7 Å². The Hall–Kier alpha value is -1.84. The number of aryl methyl sites for hydroxylation is 2. The monoisotopic (exact) mass is 316 g/mol. The van der Waals surface area contributed by atoms with Crippen molar-refractivity contribution in [3.05, 3.63) is 29.3 Å². The molecule has 1 aliphatic rings. The van der Waals surface area contributed by atoms with E-state index in [9.17, 15) is 9.59 Å². The molecule has 1 aliphatic heterocycles. The largest absolute Gasteiger partial charge is 0.337 e. The van der Waals surface area contributed by atoms with E-state index in [1.54, 1.807) is 0 Å². The zero-order valence-electron chi connectivity index (χ0n) is 14.9. The first kappa shape index (κ1) is 17.5. The molecular weight excluding hydrogens is 288 g/mol. The number of likely N-dealkylation sites (tertiary alicyclic amines) is 1. The highest BCUT2D eigenvalue weighted by molar-refractivity contribution is 5.98. The molecule has 4 nitrogen and oxygen atoms in total. The average molecular weight is 316 g/mol. The molecule has 2 rings (SSSR count). The summed E-state index contributed by atoms with van der Waals surface area (Å²) in [5.74, 6) is -0.241. The summed E-state index contributed by atoms with van der Waals surface area (Å²) >= 11 is 0. The van der Waals surface area contributed by atoms with E-state index in [0.717, 1.165) is 29.7 Å². The predicted octanol–water partition coefficient (Wildman–Crippen LogP) is 3.40. The van der Waals surface area contributed by atoms with E-state index in [1.165, 1.54) is 0 Å². The van der Waals surface area contributed by atoms with Crippen LogP contribution < -0.4 is 5.32 Å². The fourth-order valence-corrected chi connectivity index (χ4v) is 3.16. The van der Waals surface area contributed by atoms with E-state index >= 15 is 0 Å². The second-order valence-electron chi connectivity index (χ2n) is 7.22. The first-order chi connectivity index (χ1) is 10.8. The minimum Gasteiger partial charge on any atom is -0.337 e. The number of amides is 2. The highest BCUT2D eigenvalue weighted by Gasteiger charge is 2.39. The molecule has 126 valence electrons. The van der Waals surface area contributed by atoms with Crippen molar-refractivity contribution in [3.8, 4) is 0 Å². The summed E-state index contributed by atoms with van der Waals surface area (Å²) in [6.45, 7) is 10.7. The van der Waals surface area contributed by atoms with E-state index in [-0.39, 0.29) is 23.3 Å². The first-order valence-corrected chi connectivity index (χ1v) is 8.50. The third-order valence-corrected chi connectivity index (χ3v) is 4.55. The Morgan fingerprint density at radius 3 is 2.22 bits per heavy atom. The Balaban J connectivity index is 2.17. The molecule has 0 aromatic heterocycles. The Kier molecular flexibility index (Phi) is 5.12. The summed E-state index contributed by atoms with van der Waals surface area (Å²) in [4.78, 5) is 26.7. The smallest absolute Gasteiger partial charge is 0.229 e. The van der Waals surface area contributed by atoms with Crippen LogP contribution in [0, 0.1) is 5.92 Å². The van der Waals surface area contributed by atoms with Crippen molar-refractivity contribution in [1.29, 1.82) is 0 Å². The molecule has 1 saturated heterocycles. The van der Waals surface area contributed by atoms with Gasteiger partial charge in [0.2, 0.25) is 11.8 Å². The minimum absolute atomic E-state index is 0.0410. The lowest BCUT2D eigenvalue weighted by Crippen LogP contribution is -2.42. The maximum Gasteiger partial charge on any atom is 0.229 e. The lowest BCUT2D eigenvalue weighted by Gasteiger charge is -2.32. The Bertz CT molecular complexity index is 580. The zero-order valence-corrected chi connectivity index (χ0v) is 14.9. The number of benzene rings is 1. The van der Waals surface area contributed by atoms with Gasteiger partial charge in [0.25, 0.3) is 0 Å². The molecule has 1 heterocycles. The lowest BCUT2D eigenvalue weighted by molar-refractivity contribution is -0.131. The second kappa shape index (κ2) is 6.73. The summed E-state index contributed by atoms with van der Waals surface area (Å²) in [6, 6.07) is 6.14. The molecule has 0 aliphatic carbocycles. The Morgan fingerprint density at radius 1 is 1.22 bits per heavy atom. The molecular formula is C19H28N2O2. The molecule has 0 spiro atoms. The number of carbonyl (C=O) groups is 2. The van der Waals surface area contributed by atoms with Crippen LogP contribution in [0.5, 0.6) is 0 Å². The number of hydrogen-bond donors (Lipinski definition) is 1. The third kappa shape index (κ3) is 3.74. The maximum absolute atomic E-state index is 12.7. The quantitative estimate of drug-likeness (QED) is 0.925. The Labute approximate surface area is 139 Å². The lowest BCUT2D eigenvalue weighted by atomic mass is 10.0. The molecule has 0 unspecified atom stereocenters. The van der Waals surface area contributed by atoms with Crippen LogP contribution in [-0.2, 0) is 22.4 Å². The molecule has 1 N–H and O–H groups in total. The predicted molar refractivity (Wildman–Crippen MR) is 93.4 cm³/mol. The fraction of sp³-hybridized carbons (Fsp3) is 0.579. The summed E-state index contributed by atoms with van der Waals surface area (Å²) in [5.41, 5.74) is 3.00. The Morgan fingerprint density at radius 2 is 1.78 bits per heavy atom. The number of hydrogen-bond acceptors (Lipinski definition) is 2. The van der Waals surface area contributed by atoms with Crippen LogP contribution in [0.2, 0.25) is 0 Å². The van der Waals surface area contributed by atoms with Gasteiger partial charge in [0.15, 0.2) is 0 Å². The van der Waals surface area contributed by atoms with Crippen molar-refractivity contribution >= 4 is 17.5 Å². The van der Waals surface area contributed by atoms with Gasteiger partial charge in [-0.15, -0.1) is 0 Å². The highest BCUT2D eigenvalue weighted by atomic mass is 16.2. The van der Waals surface area contributed by atoms with Gasteiger partial charge < -0.3 is 10.2 Å². The number of nitrogens with zero attached hydrogens (tertiary/aromatic N) is 1. The van der Waals surface area contributed by atoms with Gasteiger partial charge in [-0.05, 0) is 44.7 Å². The number of carbonyl (C=O) groups excluding carboxylic acids is 2. The molecule has 0 saturated carbocycles. The summed E-state index contributed by atoms with van der Waals surface area (Å²) in [6.07, 6.45) is 2.06. The molecule has 1 fully saturated rings. The minimum atomic E-state index is -0.267. The topological polar surface area (TPSA) is 49.4 Å². The highest BCUT2D eigenvalue weighted by Crippen LogP contribution is 2.28. The first-order valence-electron chi connectivity index (χ1n) is 8.50. The van der Waals surface area contributed by atoms with Gasteiger partial charge in [0.05, 0.1) is 5.92 Å². The van der Waals surface area contributed by atoms with Crippen LogP contribution in [-0.4, -0.2) is 28.8 Å². The molecule has 1 aromatic rings. The third-order valence-electron chi connectivity index (χ3n) is 4.55. The van der Waals surface area contributed by atoms with E-state index in [0.29, 0.717) is 13.0 Å². The van der Waals surface area contributed by atoms with E-state index < -0.39 is 0 Å². The van der Waals surface area contributed by atoms with Crippen molar-refractivity contribution in [2.24, 2.45) is 5.92 Å².